The van der Waals surface area contributed by atoms with Crippen molar-refractivity contribution in [3.05, 3.63) is 0 Å². The van der Waals surface area contributed by atoms with Gasteiger partial charge in [-0.15, -0.1) is 0 Å². The minimum absolute atomic E-state index is 0.0230. The highest BCUT2D eigenvalue weighted by molar-refractivity contribution is 5.87. The first-order valence-corrected chi connectivity index (χ1v) is 4.54. The second kappa shape index (κ2) is 5.59. The second-order valence-electron chi connectivity index (χ2n) is 3.54. The van der Waals surface area contributed by atoms with Crippen molar-refractivity contribution in [2.24, 2.45) is 11.7 Å². The van der Waals surface area contributed by atoms with Crippen LogP contribution in [0.4, 0.5) is 0 Å². The third-order valence-corrected chi connectivity index (χ3v) is 1.83. The highest BCUT2D eigenvalue weighted by Gasteiger charge is 2.25. The molecule has 14 heavy (non-hydrogen) atoms. The number of ether oxygens (including phenoxy) is 1. The van der Waals surface area contributed by atoms with Crippen LogP contribution in [0.3, 0.4) is 0 Å². The van der Waals surface area contributed by atoms with E-state index >= 15 is 0 Å². The Balaban J connectivity index is 4.38. The number of hydrogen-bond acceptors (Lipinski definition) is 4. The molecule has 0 aliphatic rings. The van der Waals surface area contributed by atoms with Crippen molar-refractivity contribution in [2.45, 2.75) is 32.9 Å². The number of hydrogen-bond donors (Lipinski definition) is 2. The second-order valence-corrected chi connectivity index (χ2v) is 3.54. The van der Waals surface area contributed by atoms with Crippen molar-refractivity contribution < 1.29 is 14.3 Å². The summed E-state index contributed by atoms with van der Waals surface area (Å²) in [6.07, 6.45) is 0. The smallest absolute Gasteiger partial charge is 0.328 e. The van der Waals surface area contributed by atoms with Gasteiger partial charge in [-0.05, 0) is 12.8 Å². The van der Waals surface area contributed by atoms with Crippen LogP contribution in [0.1, 0.15) is 20.8 Å². The van der Waals surface area contributed by atoms with E-state index in [9.17, 15) is 9.59 Å². The molecule has 0 unspecified atom stereocenters. The summed E-state index contributed by atoms with van der Waals surface area (Å²) in [5.41, 5.74) is 5.36. The fraction of sp³-hybridized carbons (Fsp3) is 0.778. The molecule has 0 bridgehead atoms. The van der Waals surface area contributed by atoms with Gasteiger partial charge in [-0.1, -0.05) is 13.8 Å². The van der Waals surface area contributed by atoms with E-state index in [-0.39, 0.29) is 11.8 Å². The molecule has 5 heteroatoms. The summed E-state index contributed by atoms with van der Waals surface area (Å²) in [6.45, 7) is 5.20. The third-order valence-electron chi connectivity index (χ3n) is 1.83. The van der Waals surface area contributed by atoms with Crippen molar-refractivity contribution in [2.75, 3.05) is 7.11 Å². The summed E-state index contributed by atoms with van der Waals surface area (Å²) in [5, 5.41) is 2.53. The van der Waals surface area contributed by atoms with Gasteiger partial charge in [0.1, 0.15) is 6.04 Å². The Kier molecular flexibility index (Phi) is 5.15. The van der Waals surface area contributed by atoms with Crippen molar-refractivity contribution in [1.82, 2.24) is 5.32 Å². The lowest BCUT2D eigenvalue weighted by atomic mass is 10.0. The molecule has 3 N–H and O–H groups in total. The maximum atomic E-state index is 11.2. The van der Waals surface area contributed by atoms with E-state index in [2.05, 4.69) is 10.1 Å². The fourth-order valence-corrected chi connectivity index (χ4v) is 0.909. The summed E-state index contributed by atoms with van der Waals surface area (Å²) in [6, 6.07) is -1.25. The topological polar surface area (TPSA) is 81.4 Å². The number of carbonyl (C=O) groups excluding carboxylic acids is 2. The number of rotatable bonds is 4. The van der Waals surface area contributed by atoms with Gasteiger partial charge in [0.05, 0.1) is 13.2 Å². The Bertz CT molecular complexity index is 214. The zero-order valence-corrected chi connectivity index (χ0v) is 9.03. The van der Waals surface area contributed by atoms with Crippen LogP contribution in [-0.4, -0.2) is 31.1 Å². The molecular formula is C9H18N2O3. The molecule has 0 fully saturated rings. The highest BCUT2D eigenvalue weighted by Crippen LogP contribution is 2.03. The lowest BCUT2D eigenvalue weighted by molar-refractivity contribution is -0.146. The Morgan fingerprint density at radius 2 is 1.79 bits per heavy atom. The van der Waals surface area contributed by atoms with Gasteiger partial charge in [-0.25, -0.2) is 4.79 Å². The van der Waals surface area contributed by atoms with Crippen molar-refractivity contribution >= 4 is 11.9 Å². The number of esters is 1. The molecule has 2 atom stereocenters. The van der Waals surface area contributed by atoms with E-state index in [1.807, 2.05) is 13.8 Å². The summed E-state index contributed by atoms with van der Waals surface area (Å²) in [4.78, 5) is 22.5. The molecule has 0 rings (SSSR count). The van der Waals surface area contributed by atoms with Crippen LogP contribution in [0.2, 0.25) is 0 Å². The quantitative estimate of drug-likeness (QED) is 0.610. The monoisotopic (exact) mass is 202 g/mol. The predicted molar refractivity (Wildman–Crippen MR) is 52.4 cm³/mol. The van der Waals surface area contributed by atoms with E-state index < -0.39 is 18.1 Å². The van der Waals surface area contributed by atoms with Gasteiger partial charge in [0, 0.05) is 0 Å². The molecule has 0 spiro atoms. The minimum atomic E-state index is -0.626. The number of amides is 1. The molecule has 82 valence electrons. The molecule has 0 saturated carbocycles. The van der Waals surface area contributed by atoms with Crippen LogP contribution in [0.5, 0.6) is 0 Å². The maximum Gasteiger partial charge on any atom is 0.328 e. The maximum absolute atomic E-state index is 11.2. The summed E-state index contributed by atoms with van der Waals surface area (Å²) in [7, 11) is 1.29. The van der Waals surface area contributed by atoms with Gasteiger partial charge in [-0.3, -0.25) is 4.79 Å². The first kappa shape index (κ1) is 12.9. The number of methoxy groups -OCH3 is 1. The number of nitrogens with two attached hydrogens (primary N) is 1. The Hall–Kier alpha value is -1.10. The molecule has 0 aliphatic carbocycles. The van der Waals surface area contributed by atoms with E-state index in [1.165, 1.54) is 7.11 Å². The molecular weight excluding hydrogens is 184 g/mol. The van der Waals surface area contributed by atoms with Gasteiger partial charge < -0.3 is 15.8 Å². The molecule has 0 radical (unpaired) electrons. The summed E-state index contributed by atoms with van der Waals surface area (Å²) in [5.74, 6) is -0.826. The van der Waals surface area contributed by atoms with Gasteiger partial charge in [0.2, 0.25) is 5.91 Å². The average molecular weight is 202 g/mol. The van der Waals surface area contributed by atoms with E-state index in [0.717, 1.165) is 0 Å². The predicted octanol–water partition coefficient (Wildman–Crippen LogP) is -0.353. The van der Waals surface area contributed by atoms with Crippen LogP contribution < -0.4 is 11.1 Å². The van der Waals surface area contributed by atoms with E-state index in [0.29, 0.717) is 0 Å². The Morgan fingerprint density at radius 3 is 2.07 bits per heavy atom. The lowest BCUT2D eigenvalue weighted by Crippen LogP contribution is -2.50. The van der Waals surface area contributed by atoms with Gasteiger partial charge in [-0.2, -0.15) is 0 Å². The molecule has 0 heterocycles. The molecule has 0 aromatic rings. The summed E-state index contributed by atoms with van der Waals surface area (Å²) >= 11 is 0. The van der Waals surface area contributed by atoms with E-state index in [1.54, 1.807) is 6.92 Å². The largest absolute Gasteiger partial charge is 0.467 e. The highest BCUT2D eigenvalue weighted by atomic mass is 16.5. The first-order valence-electron chi connectivity index (χ1n) is 4.54. The standard InChI is InChI=1S/C9H18N2O3/c1-5(2)7(9(13)14-4)11-8(12)6(3)10/h5-7H,10H2,1-4H3,(H,11,12)/t6-,7+/m0/s1. The van der Waals surface area contributed by atoms with Crippen LogP contribution in [0, 0.1) is 5.92 Å². The van der Waals surface area contributed by atoms with Crippen LogP contribution in [-0.2, 0) is 14.3 Å². The van der Waals surface area contributed by atoms with Crippen molar-refractivity contribution in [3.63, 3.8) is 0 Å². The molecule has 0 aromatic heterocycles. The number of carbonyl (C=O) groups is 2. The minimum Gasteiger partial charge on any atom is -0.467 e. The molecule has 1 amide bonds. The molecule has 0 aliphatic heterocycles. The Morgan fingerprint density at radius 1 is 1.29 bits per heavy atom. The SMILES string of the molecule is COC(=O)[C@H](NC(=O)[C@H](C)N)C(C)C. The average Bonchev–Trinajstić information content (AvgIpc) is 2.11. The van der Waals surface area contributed by atoms with Crippen LogP contribution in [0.15, 0.2) is 0 Å². The van der Waals surface area contributed by atoms with Gasteiger partial charge >= 0.3 is 5.97 Å². The third kappa shape index (κ3) is 3.74. The van der Waals surface area contributed by atoms with E-state index in [4.69, 9.17) is 5.73 Å². The zero-order valence-electron chi connectivity index (χ0n) is 9.03. The Labute approximate surface area is 84.0 Å². The van der Waals surface area contributed by atoms with Crippen molar-refractivity contribution in [1.29, 1.82) is 0 Å². The lowest BCUT2D eigenvalue weighted by Gasteiger charge is -2.20. The molecule has 0 aromatic carbocycles. The van der Waals surface area contributed by atoms with Gasteiger partial charge in [0.15, 0.2) is 0 Å². The van der Waals surface area contributed by atoms with Crippen LogP contribution in [0.25, 0.3) is 0 Å². The molecule has 5 nitrogen and oxygen atoms in total. The first-order chi connectivity index (χ1) is 6.40. The van der Waals surface area contributed by atoms with Crippen molar-refractivity contribution in [3.8, 4) is 0 Å². The van der Waals surface area contributed by atoms with Crippen LogP contribution >= 0.6 is 0 Å². The normalized spacial score (nSPS) is 14.7. The summed E-state index contributed by atoms with van der Waals surface area (Å²) < 4.78 is 4.56. The fourth-order valence-electron chi connectivity index (χ4n) is 0.909. The molecule has 0 saturated heterocycles. The van der Waals surface area contributed by atoms with Gasteiger partial charge in [0.25, 0.3) is 0 Å². The zero-order chi connectivity index (χ0) is 11.3. The number of nitrogens with one attached hydrogen (secondary N) is 1.